The van der Waals surface area contributed by atoms with Crippen LogP contribution in [0.5, 0.6) is 17.2 Å². The van der Waals surface area contributed by atoms with Crippen molar-refractivity contribution in [1.29, 1.82) is 0 Å². The van der Waals surface area contributed by atoms with Gasteiger partial charge in [0.2, 0.25) is 0 Å². The van der Waals surface area contributed by atoms with E-state index in [1.807, 2.05) is 55.5 Å². The Morgan fingerprint density at radius 1 is 1.07 bits per heavy atom. The second-order valence-corrected chi connectivity index (χ2v) is 7.95. The molecule has 0 aromatic heterocycles. The van der Waals surface area contributed by atoms with Crippen molar-refractivity contribution in [2.45, 2.75) is 13.3 Å². The molecule has 1 aliphatic rings. The normalized spacial score (nSPS) is 15.1. The summed E-state index contributed by atoms with van der Waals surface area (Å²) in [6.07, 6.45) is 2.56. The first-order chi connectivity index (χ1) is 14.0. The number of amides is 1. The molecular formula is C22H23NO4S2. The Hall–Kier alpha value is -2.51. The molecule has 1 saturated heterocycles. The smallest absolute Gasteiger partial charge is 0.266 e. The molecule has 0 spiro atoms. The molecule has 1 fully saturated rings. The summed E-state index contributed by atoms with van der Waals surface area (Å²) >= 11 is 6.75. The van der Waals surface area contributed by atoms with Crippen molar-refractivity contribution in [2.75, 3.05) is 27.4 Å². The fourth-order valence-electron chi connectivity index (χ4n) is 2.93. The van der Waals surface area contributed by atoms with Gasteiger partial charge >= 0.3 is 0 Å². The summed E-state index contributed by atoms with van der Waals surface area (Å²) in [6, 6.07) is 13.4. The number of methoxy groups -OCH3 is 2. The van der Waals surface area contributed by atoms with E-state index in [9.17, 15) is 4.79 Å². The van der Waals surface area contributed by atoms with Gasteiger partial charge in [0.1, 0.15) is 10.1 Å². The van der Waals surface area contributed by atoms with Crippen molar-refractivity contribution < 1.29 is 19.0 Å². The molecule has 1 amide bonds. The maximum absolute atomic E-state index is 12.8. The van der Waals surface area contributed by atoms with Crippen LogP contribution in [0.15, 0.2) is 47.4 Å². The first kappa shape index (κ1) is 21.2. The third kappa shape index (κ3) is 5.10. The average Bonchev–Trinajstić information content (AvgIpc) is 3.00. The Morgan fingerprint density at radius 2 is 1.83 bits per heavy atom. The van der Waals surface area contributed by atoms with Crippen molar-refractivity contribution in [3.8, 4) is 17.2 Å². The first-order valence-electron chi connectivity index (χ1n) is 9.24. The lowest BCUT2D eigenvalue weighted by Gasteiger charge is -2.14. The molecule has 29 heavy (non-hydrogen) atoms. The minimum atomic E-state index is -0.0682. The third-order valence-corrected chi connectivity index (χ3v) is 5.82. The highest BCUT2D eigenvalue weighted by molar-refractivity contribution is 8.26. The molecule has 1 heterocycles. The van der Waals surface area contributed by atoms with E-state index in [4.69, 9.17) is 26.4 Å². The topological polar surface area (TPSA) is 48.0 Å². The van der Waals surface area contributed by atoms with Gasteiger partial charge in [-0.1, -0.05) is 42.2 Å². The van der Waals surface area contributed by atoms with Gasteiger partial charge in [-0.15, -0.1) is 0 Å². The molecule has 0 radical (unpaired) electrons. The molecular weight excluding hydrogens is 406 g/mol. The molecule has 5 nitrogen and oxygen atoms in total. The molecule has 0 bridgehead atoms. The van der Waals surface area contributed by atoms with Crippen LogP contribution in [-0.4, -0.2) is 42.5 Å². The quantitative estimate of drug-likeness (QED) is 0.453. The van der Waals surface area contributed by atoms with Crippen molar-refractivity contribution in [1.82, 2.24) is 4.90 Å². The Kier molecular flexibility index (Phi) is 7.17. The van der Waals surface area contributed by atoms with E-state index in [0.717, 1.165) is 23.3 Å². The second kappa shape index (κ2) is 9.80. The third-order valence-electron chi connectivity index (χ3n) is 4.44. The summed E-state index contributed by atoms with van der Waals surface area (Å²) in [5, 5.41) is 0. The van der Waals surface area contributed by atoms with Gasteiger partial charge < -0.3 is 14.2 Å². The van der Waals surface area contributed by atoms with Gasteiger partial charge in [0.05, 0.1) is 25.7 Å². The van der Waals surface area contributed by atoms with Crippen LogP contribution in [0.3, 0.4) is 0 Å². The molecule has 0 atom stereocenters. The molecule has 2 aromatic carbocycles. The molecule has 152 valence electrons. The lowest BCUT2D eigenvalue weighted by atomic mass is 10.1. The summed E-state index contributed by atoms with van der Waals surface area (Å²) in [5.41, 5.74) is 1.99. The minimum Gasteiger partial charge on any atom is -0.497 e. The first-order valence-corrected chi connectivity index (χ1v) is 10.5. The summed E-state index contributed by atoms with van der Waals surface area (Å²) in [7, 11) is 3.24. The Bertz CT molecular complexity index is 925. The molecule has 1 aliphatic heterocycles. The van der Waals surface area contributed by atoms with Gasteiger partial charge in [-0.2, -0.15) is 0 Å². The van der Waals surface area contributed by atoms with Gasteiger partial charge in [0, 0.05) is 6.54 Å². The van der Waals surface area contributed by atoms with Crippen molar-refractivity contribution >= 4 is 40.3 Å². The van der Waals surface area contributed by atoms with Gasteiger partial charge in [-0.25, -0.2) is 0 Å². The van der Waals surface area contributed by atoms with Crippen molar-refractivity contribution in [3.05, 3.63) is 58.5 Å². The van der Waals surface area contributed by atoms with Gasteiger partial charge in [-0.3, -0.25) is 9.69 Å². The highest BCUT2D eigenvalue weighted by Crippen LogP contribution is 2.34. The zero-order valence-electron chi connectivity index (χ0n) is 16.6. The molecule has 3 rings (SSSR count). The summed E-state index contributed by atoms with van der Waals surface area (Å²) in [6.45, 7) is 3.02. The maximum Gasteiger partial charge on any atom is 0.266 e. The van der Waals surface area contributed by atoms with E-state index in [0.29, 0.717) is 33.9 Å². The van der Waals surface area contributed by atoms with E-state index in [-0.39, 0.29) is 5.91 Å². The lowest BCUT2D eigenvalue weighted by molar-refractivity contribution is -0.122. The van der Waals surface area contributed by atoms with Crippen LogP contribution in [0, 0.1) is 0 Å². The number of ether oxygens (including phenoxy) is 3. The number of thiocarbonyl (C=S) groups is 1. The summed E-state index contributed by atoms with van der Waals surface area (Å²) < 4.78 is 16.7. The van der Waals surface area contributed by atoms with Crippen LogP contribution < -0.4 is 14.2 Å². The fraction of sp³-hybridized carbons (Fsp3) is 0.273. The zero-order valence-corrected chi connectivity index (χ0v) is 18.3. The predicted molar refractivity (Wildman–Crippen MR) is 121 cm³/mol. The number of hydrogen-bond donors (Lipinski definition) is 0. The highest BCUT2D eigenvalue weighted by atomic mass is 32.2. The largest absolute Gasteiger partial charge is 0.497 e. The number of carbonyl (C=O) groups is 1. The van der Waals surface area contributed by atoms with E-state index in [2.05, 4.69) is 0 Å². The number of thioether (sulfide) groups is 1. The Morgan fingerprint density at radius 3 is 2.48 bits per heavy atom. The lowest BCUT2D eigenvalue weighted by Crippen LogP contribution is -2.30. The second-order valence-electron chi connectivity index (χ2n) is 6.27. The van der Waals surface area contributed by atoms with Crippen LogP contribution in [0.1, 0.15) is 18.1 Å². The molecule has 0 saturated carbocycles. The number of nitrogens with zero attached hydrogens (tertiary/aromatic N) is 1. The molecule has 0 aliphatic carbocycles. The minimum absolute atomic E-state index is 0.0682. The monoisotopic (exact) mass is 429 g/mol. The van der Waals surface area contributed by atoms with Crippen molar-refractivity contribution in [2.24, 2.45) is 0 Å². The SMILES string of the molecule is CCOc1ccc(C=C2SC(=S)N(CCc3ccc(OC)cc3)C2=O)cc1OC. The summed E-state index contributed by atoms with van der Waals surface area (Å²) in [5.74, 6) is 2.06. The maximum atomic E-state index is 12.8. The number of carbonyl (C=O) groups excluding carboxylic acids is 1. The number of rotatable bonds is 8. The van der Waals surface area contributed by atoms with Gasteiger partial charge in [0.25, 0.3) is 5.91 Å². The van der Waals surface area contributed by atoms with E-state index in [1.54, 1.807) is 19.1 Å². The summed E-state index contributed by atoms with van der Waals surface area (Å²) in [4.78, 5) is 15.1. The highest BCUT2D eigenvalue weighted by Gasteiger charge is 2.31. The van der Waals surface area contributed by atoms with Crippen LogP contribution in [-0.2, 0) is 11.2 Å². The van der Waals surface area contributed by atoms with Gasteiger partial charge in [-0.05, 0) is 54.8 Å². The van der Waals surface area contributed by atoms with E-state index in [1.165, 1.54) is 11.8 Å². The molecule has 0 unspecified atom stereocenters. The number of benzene rings is 2. The van der Waals surface area contributed by atoms with Crippen LogP contribution in [0.2, 0.25) is 0 Å². The average molecular weight is 430 g/mol. The van der Waals surface area contributed by atoms with Crippen molar-refractivity contribution in [3.63, 3.8) is 0 Å². The standard InChI is InChI=1S/C22H23NO4S2/c1-4-27-18-10-7-16(13-19(18)26-3)14-20-21(24)23(22(28)29-20)12-11-15-5-8-17(25-2)9-6-15/h5-10,13-14H,4,11-12H2,1-3H3. The van der Waals surface area contributed by atoms with Gasteiger partial charge in [0.15, 0.2) is 11.5 Å². The Balaban J connectivity index is 1.70. The Labute approximate surface area is 180 Å². The van der Waals surface area contributed by atoms with Crippen LogP contribution >= 0.6 is 24.0 Å². The molecule has 2 aromatic rings. The van der Waals surface area contributed by atoms with E-state index < -0.39 is 0 Å². The van der Waals surface area contributed by atoms with E-state index >= 15 is 0 Å². The van der Waals surface area contributed by atoms with Crippen LogP contribution in [0.25, 0.3) is 6.08 Å². The molecule has 0 N–H and O–H groups in total. The molecule has 7 heteroatoms. The fourth-order valence-corrected chi connectivity index (χ4v) is 4.23. The van der Waals surface area contributed by atoms with Crippen LogP contribution in [0.4, 0.5) is 0 Å². The zero-order chi connectivity index (χ0) is 20.8. The number of hydrogen-bond acceptors (Lipinski definition) is 6. The predicted octanol–water partition coefficient (Wildman–Crippen LogP) is 4.55.